The zero-order valence-electron chi connectivity index (χ0n) is 8.19. The summed E-state index contributed by atoms with van der Waals surface area (Å²) in [7, 11) is 0. The molecule has 84 valence electrons. The standard InChI is InChI=1S/C12H8Cl2O.BrH/c13-9-5-1-3-7-11(9)15-12-8-4-2-6-10(12)14;/h1-8H;1H. The number of ether oxygens (including phenoxy) is 1. The lowest BCUT2D eigenvalue weighted by Crippen LogP contribution is -1.85. The van der Waals surface area contributed by atoms with E-state index in [1.165, 1.54) is 0 Å². The molecule has 0 fully saturated rings. The van der Waals surface area contributed by atoms with Gasteiger partial charge in [-0.3, -0.25) is 0 Å². The van der Waals surface area contributed by atoms with Gasteiger partial charge in [0.1, 0.15) is 11.5 Å². The molecule has 16 heavy (non-hydrogen) atoms. The third-order valence-corrected chi connectivity index (χ3v) is 2.52. The van der Waals surface area contributed by atoms with E-state index in [0.29, 0.717) is 21.5 Å². The molecule has 0 N–H and O–H groups in total. The van der Waals surface area contributed by atoms with Gasteiger partial charge in [-0.1, -0.05) is 47.5 Å². The molecule has 4 heteroatoms. The second kappa shape index (κ2) is 6.14. The molecule has 0 unspecified atom stereocenters. The molecule has 0 spiro atoms. The topological polar surface area (TPSA) is 9.23 Å². The van der Waals surface area contributed by atoms with Crippen LogP contribution >= 0.6 is 40.2 Å². The molecule has 0 bridgehead atoms. The summed E-state index contributed by atoms with van der Waals surface area (Å²) >= 11 is 11.9. The van der Waals surface area contributed by atoms with Crippen LogP contribution in [-0.2, 0) is 0 Å². The molecule has 0 aliphatic heterocycles. The molecule has 0 amide bonds. The van der Waals surface area contributed by atoms with Gasteiger partial charge in [0.25, 0.3) is 0 Å². The predicted molar refractivity (Wildman–Crippen MR) is 73.3 cm³/mol. The molecular formula is C12H9BrCl2O. The van der Waals surface area contributed by atoms with Gasteiger partial charge in [-0.25, -0.2) is 0 Å². The SMILES string of the molecule is Br.Clc1ccccc1Oc1ccccc1Cl. The Morgan fingerprint density at radius 3 is 1.44 bits per heavy atom. The van der Waals surface area contributed by atoms with Crippen molar-refractivity contribution in [3.8, 4) is 11.5 Å². The van der Waals surface area contributed by atoms with E-state index in [1.54, 1.807) is 24.3 Å². The molecule has 0 aromatic heterocycles. The van der Waals surface area contributed by atoms with E-state index >= 15 is 0 Å². The molecule has 0 radical (unpaired) electrons. The molecule has 1 nitrogen and oxygen atoms in total. The highest BCUT2D eigenvalue weighted by atomic mass is 79.9. The van der Waals surface area contributed by atoms with Crippen LogP contribution < -0.4 is 4.74 Å². The van der Waals surface area contributed by atoms with Gasteiger partial charge in [0.15, 0.2) is 0 Å². The van der Waals surface area contributed by atoms with E-state index in [4.69, 9.17) is 27.9 Å². The van der Waals surface area contributed by atoms with Crippen molar-refractivity contribution in [2.75, 3.05) is 0 Å². The predicted octanol–water partition coefficient (Wildman–Crippen LogP) is 5.36. The Kier molecular flexibility index (Phi) is 5.13. The molecule has 2 aromatic rings. The number of hydrogen-bond donors (Lipinski definition) is 0. The highest BCUT2D eigenvalue weighted by Crippen LogP contribution is 2.32. The van der Waals surface area contributed by atoms with Crippen LogP contribution in [0.5, 0.6) is 11.5 Å². The fourth-order valence-electron chi connectivity index (χ4n) is 1.17. The smallest absolute Gasteiger partial charge is 0.146 e. The maximum atomic E-state index is 5.96. The van der Waals surface area contributed by atoms with Gasteiger partial charge in [0, 0.05) is 0 Å². The van der Waals surface area contributed by atoms with Gasteiger partial charge < -0.3 is 4.74 Å². The quantitative estimate of drug-likeness (QED) is 0.723. The van der Waals surface area contributed by atoms with Crippen LogP contribution in [0.15, 0.2) is 48.5 Å². The van der Waals surface area contributed by atoms with Crippen LogP contribution in [0.2, 0.25) is 10.0 Å². The average molecular weight is 320 g/mol. The molecule has 0 saturated heterocycles. The van der Waals surface area contributed by atoms with E-state index < -0.39 is 0 Å². The van der Waals surface area contributed by atoms with Crippen molar-refractivity contribution in [1.29, 1.82) is 0 Å². The van der Waals surface area contributed by atoms with Gasteiger partial charge in [0.2, 0.25) is 0 Å². The Morgan fingerprint density at radius 1 is 0.688 bits per heavy atom. The Bertz CT molecular complexity index is 431. The first-order chi connectivity index (χ1) is 7.27. The third-order valence-electron chi connectivity index (χ3n) is 1.89. The second-order valence-electron chi connectivity index (χ2n) is 2.96. The lowest BCUT2D eigenvalue weighted by Gasteiger charge is -2.08. The van der Waals surface area contributed by atoms with Crippen LogP contribution in [0.25, 0.3) is 0 Å². The van der Waals surface area contributed by atoms with Crippen molar-refractivity contribution in [2.45, 2.75) is 0 Å². The van der Waals surface area contributed by atoms with E-state index in [2.05, 4.69) is 0 Å². The van der Waals surface area contributed by atoms with Crippen LogP contribution in [-0.4, -0.2) is 0 Å². The van der Waals surface area contributed by atoms with E-state index in [9.17, 15) is 0 Å². The monoisotopic (exact) mass is 318 g/mol. The summed E-state index contributed by atoms with van der Waals surface area (Å²) in [4.78, 5) is 0. The molecule has 0 heterocycles. The van der Waals surface area contributed by atoms with E-state index in [-0.39, 0.29) is 17.0 Å². The van der Waals surface area contributed by atoms with Gasteiger partial charge in [-0.2, -0.15) is 0 Å². The fraction of sp³-hybridized carbons (Fsp3) is 0. The molecular weight excluding hydrogens is 311 g/mol. The summed E-state index contributed by atoms with van der Waals surface area (Å²) < 4.78 is 5.58. The Labute approximate surface area is 115 Å². The lowest BCUT2D eigenvalue weighted by molar-refractivity contribution is 0.483. The van der Waals surface area contributed by atoms with Crippen LogP contribution in [0, 0.1) is 0 Å². The summed E-state index contributed by atoms with van der Waals surface area (Å²) in [5.41, 5.74) is 0. The first-order valence-electron chi connectivity index (χ1n) is 4.44. The minimum atomic E-state index is 0. The summed E-state index contributed by atoms with van der Waals surface area (Å²) in [6, 6.07) is 14.6. The highest BCUT2D eigenvalue weighted by molar-refractivity contribution is 8.93. The fourth-order valence-corrected chi connectivity index (χ4v) is 1.52. The third kappa shape index (κ3) is 3.14. The van der Waals surface area contributed by atoms with Crippen molar-refractivity contribution in [1.82, 2.24) is 0 Å². The van der Waals surface area contributed by atoms with Crippen LogP contribution in [0.1, 0.15) is 0 Å². The van der Waals surface area contributed by atoms with Crippen LogP contribution in [0.3, 0.4) is 0 Å². The van der Waals surface area contributed by atoms with Crippen molar-refractivity contribution in [3.05, 3.63) is 58.6 Å². The Balaban J connectivity index is 0.00000128. The summed E-state index contributed by atoms with van der Waals surface area (Å²) in [5.74, 6) is 1.21. The molecule has 0 aliphatic rings. The summed E-state index contributed by atoms with van der Waals surface area (Å²) in [5, 5.41) is 1.13. The van der Waals surface area contributed by atoms with Gasteiger partial charge in [-0.05, 0) is 24.3 Å². The van der Waals surface area contributed by atoms with Gasteiger partial charge >= 0.3 is 0 Å². The van der Waals surface area contributed by atoms with E-state index in [1.807, 2.05) is 24.3 Å². The molecule has 2 aromatic carbocycles. The minimum absolute atomic E-state index is 0. The Hall–Kier alpha value is -0.700. The Morgan fingerprint density at radius 2 is 1.06 bits per heavy atom. The normalized spacial score (nSPS) is 9.38. The van der Waals surface area contributed by atoms with Gasteiger partial charge in [0.05, 0.1) is 10.0 Å². The van der Waals surface area contributed by atoms with E-state index in [0.717, 1.165) is 0 Å². The number of hydrogen-bond acceptors (Lipinski definition) is 1. The number of halogens is 3. The zero-order valence-corrected chi connectivity index (χ0v) is 11.4. The largest absolute Gasteiger partial charge is 0.454 e. The lowest BCUT2D eigenvalue weighted by atomic mass is 10.3. The van der Waals surface area contributed by atoms with Crippen LogP contribution in [0.4, 0.5) is 0 Å². The maximum Gasteiger partial charge on any atom is 0.146 e. The summed E-state index contributed by atoms with van der Waals surface area (Å²) in [6.07, 6.45) is 0. The zero-order chi connectivity index (χ0) is 10.7. The molecule has 0 aliphatic carbocycles. The molecule has 0 atom stereocenters. The summed E-state index contributed by atoms with van der Waals surface area (Å²) in [6.45, 7) is 0. The highest BCUT2D eigenvalue weighted by Gasteiger charge is 2.04. The first-order valence-corrected chi connectivity index (χ1v) is 5.20. The second-order valence-corrected chi connectivity index (χ2v) is 3.78. The minimum Gasteiger partial charge on any atom is -0.454 e. The van der Waals surface area contributed by atoms with Crippen molar-refractivity contribution >= 4 is 40.2 Å². The first kappa shape index (κ1) is 13.4. The van der Waals surface area contributed by atoms with Gasteiger partial charge in [-0.15, -0.1) is 17.0 Å². The van der Waals surface area contributed by atoms with Crippen molar-refractivity contribution in [3.63, 3.8) is 0 Å². The number of rotatable bonds is 2. The molecule has 2 rings (SSSR count). The number of para-hydroxylation sites is 2. The average Bonchev–Trinajstić information content (AvgIpc) is 2.24. The van der Waals surface area contributed by atoms with Crippen molar-refractivity contribution < 1.29 is 4.74 Å². The maximum absolute atomic E-state index is 5.96. The number of benzene rings is 2. The molecule has 0 saturated carbocycles. The van der Waals surface area contributed by atoms with Crippen molar-refractivity contribution in [2.24, 2.45) is 0 Å².